The molecule has 3 rings (SSSR count). The Balaban J connectivity index is 1.91. The lowest BCUT2D eigenvalue weighted by molar-refractivity contribution is -0.250. The highest BCUT2D eigenvalue weighted by atomic mass is 31.1. The first-order valence-corrected chi connectivity index (χ1v) is 18.4. The predicted molar refractivity (Wildman–Crippen MR) is 196 cm³/mol. The van der Waals surface area contributed by atoms with E-state index in [1.807, 2.05) is 0 Å². The number of aliphatic carboxylic acids is 2. The van der Waals surface area contributed by atoms with Crippen LogP contribution in [0.3, 0.4) is 0 Å². The van der Waals surface area contributed by atoms with E-state index in [2.05, 4.69) is 35.5 Å². The van der Waals surface area contributed by atoms with E-state index in [1.165, 1.54) is 0 Å². The minimum Gasteiger partial charge on any atom is -0.480 e. The number of carbonyl (C=O) groups is 5. The minimum atomic E-state index is -1.40. The number of rotatable bonds is 25. The fourth-order valence-corrected chi connectivity index (χ4v) is 7.62. The fourth-order valence-electron chi connectivity index (χ4n) is 5.38. The third-order valence-corrected chi connectivity index (χ3v) is 10.7. The van der Waals surface area contributed by atoms with E-state index in [4.69, 9.17) is 21.0 Å². The number of hydrogen-bond donors (Lipinski definition) is 9. The van der Waals surface area contributed by atoms with Crippen molar-refractivity contribution in [1.29, 1.82) is 0 Å². The van der Waals surface area contributed by atoms with Crippen LogP contribution < -0.4 is 31.9 Å². The second-order valence-corrected chi connectivity index (χ2v) is 14.3. The van der Waals surface area contributed by atoms with Crippen molar-refractivity contribution in [2.75, 3.05) is 26.4 Å². The SMILES string of the molecule is O=C(NC(CCCOO)COO)c1ccc(P(c2ccc(C(=O)NC(CCCOO)C(=O)O)cc2)c2ccc(C(=O)NC(CCCOO)C(=O)O)cc2)cc1. The van der Waals surface area contributed by atoms with Crippen LogP contribution in [-0.2, 0) is 29.1 Å². The zero-order valence-corrected chi connectivity index (χ0v) is 30.4. The Bertz CT molecular complexity index is 1590. The van der Waals surface area contributed by atoms with E-state index >= 15 is 0 Å². The Morgan fingerprint density at radius 1 is 0.491 bits per heavy atom. The second-order valence-electron chi connectivity index (χ2n) is 12.1. The molecular formula is C36H44N3O15P. The van der Waals surface area contributed by atoms with E-state index in [-0.39, 0.29) is 63.2 Å². The molecule has 0 radical (unpaired) electrons. The minimum absolute atomic E-state index is 0.0250. The van der Waals surface area contributed by atoms with Crippen molar-refractivity contribution in [2.45, 2.75) is 56.7 Å². The van der Waals surface area contributed by atoms with Gasteiger partial charge >= 0.3 is 11.9 Å². The number of carboxylic acid groups (broad SMARTS) is 2. The summed E-state index contributed by atoms with van der Waals surface area (Å²) in [5, 5.41) is 63.6. The summed E-state index contributed by atoms with van der Waals surface area (Å²) in [4.78, 5) is 78.7. The maximum absolute atomic E-state index is 13.1. The predicted octanol–water partition coefficient (Wildman–Crippen LogP) is 2.21. The van der Waals surface area contributed by atoms with Crippen LogP contribution in [0.25, 0.3) is 0 Å². The molecule has 18 nitrogen and oxygen atoms in total. The molecule has 0 aliphatic heterocycles. The summed E-state index contributed by atoms with van der Waals surface area (Å²) in [6.07, 6.45) is 1.17. The summed E-state index contributed by atoms with van der Waals surface area (Å²) in [5.41, 5.74) is 0.678. The molecule has 3 amide bonds. The number of carbonyl (C=O) groups excluding carboxylic acids is 3. The lowest BCUT2D eigenvalue weighted by Gasteiger charge is -2.21. The molecule has 55 heavy (non-hydrogen) atoms. The topological polar surface area (TPSA) is 280 Å². The maximum Gasteiger partial charge on any atom is 0.326 e. The Hall–Kier alpha value is -4.88. The smallest absolute Gasteiger partial charge is 0.326 e. The first-order chi connectivity index (χ1) is 26.5. The van der Waals surface area contributed by atoms with Crippen LogP contribution in [0.15, 0.2) is 72.8 Å². The Morgan fingerprint density at radius 2 is 0.818 bits per heavy atom. The van der Waals surface area contributed by atoms with Crippen LogP contribution in [-0.4, -0.2) is 105 Å². The molecule has 0 aliphatic carbocycles. The van der Waals surface area contributed by atoms with E-state index in [9.17, 15) is 34.2 Å². The Kier molecular flexibility index (Phi) is 19.3. The zero-order valence-electron chi connectivity index (χ0n) is 29.5. The molecule has 3 aromatic carbocycles. The molecule has 3 aromatic rings. The molecular weight excluding hydrogens is 745 g/mol. The highest BCUT2D eigenvalue weighted by Crippen LogP contribution is 2.33. The van der Waals surface area contributed by atoms with Crippen molar-refractivity contribution in [2.24, 2.45) is 0 Å². The number of benzene rings is 3. The standard InChI is InChI=1S/C36H44N3O15P/c40-32(37-26(22-54-50)4-1-19-51-47)23-7-13-27(14-8-23)55(28-15-9-24(10-16-28)33(41)38-30(35(43)44)5-2-20-52-48)29-17-11-25(12-18-29)34(42)39-31(36(45)46)6-3-21-53-49/h7-18,26,30-31,47-50H,1-6,19-22H2,(H,37,40)(H,38,41)(H,39,42)(H,43,44)(H,45,46). The molecule has 19 heteroatoms. The van der Waals surface area contributed by atoms with Gasteiger partial charge in [0.25, 0.3) is 17.7 Å². The van der Waals surface area contributed by atoms with Crippen molar-refractivity contribution >= 4 is 53.5 Å². The Labute approximate surface area is 316 Å². The van der Waals surface area contributed by atoms with Crippen LogP contribution in [0, 0.1) is 0 Å². The van der Waals surface area contributed by atoms with Gasteiger partial charge < -0.3 is 26.2 Å². The molecule has 0 aliphatic rings. The fraction of sp³-hybridized carbons (Fsp3) is 0.361. The highest BCUT2D eigenvalue weighted by molar-refractivity contribution is 7.79. The molecule has 9 N–H and O–H groups in total. The second kappa shape index (κ2) is 23.8. The van der Waals surface area contributed by atoms with Gasteiger partial charge in [-0.15, -0.1) is 0 Å². The van der Waals surface area contributed by atoms with E-state index in [1.54, 1.807) is 72.8 Å². The number of hydrogen-bond acceptors (Lipinski definition) is 13. The van der Waals surface area contributed by atoms with Gasteiger partial charge in [0.2, 0.25) is 0 Å². The number of carboxylic acids is 2. The monoisotopic (exact) mass is 789 g/mol. The zero-order chi connectivity index (χ0) is 40.2. The average molecular weight is 790 g/mol. The van der Waals surface area contributed by atoms with Gasteiger partial charge in [-0.1, -0.05) is 36.4 Å². The molecule has 0 bridgehead atoms. The lowest BCUT2D eigenvalue weighted by Crippen LogP contribution is -2.41. The first-order valence-electron chi connectivity index (χ1n) is 17.1. The van der Waals surface area contributed by atoms with Crippen molar-refractivity contribution in [3.8, 4) is 0 Å². The van der Waals surface area contributed by atoms with Gasteiger partial charge in [0.05, 0.1) is 25.9 Å². The quantitative estimate of drug-likeness (QED) is 0.0258. The summed E-state index contributed by atoms with van der Waals surface area (Å²) in [5.74, 6) is -4.19. The molecule has 298 valence electrons. The average Bonchev–Trinajstić information content (AvgIpc) is 3.18. The molecule has 0 saturated carbocycles. The van der Waals surface area contributed by atoms with Crippen LogP contribution in [0.4, 0.5) is 0 Å². The van der Waals surface area contributed by atoms with Gasteiger partial charge in [-0.2, -0.15) is 0 Å². The summed E-state index contributed by atoms with van der Waals surface area (Å²) in [6, 6.07) is 16.7. The molecule has 0 saturated heterocycles. The maximum atomic E-state index is 13.1. The van der Waals surface area contributed by atoms with Gasteiger partial charge in [0.15, 0.2) is 0 Å². The van der Waals surface area contributed by atoms with Gasteiger partial charge in [0, 0.05) is 16.7 Å². The van der Waals surface area contributed by atoms with Gasteiger partial charge in [-0.25, -0.2) is 29.1 Å². The summed E-state index contributed by atoms with van der Waals surface area (Å²) in [7, 11) is -1.40. The summed E-state index contributed by atoms with van der Waals surface area (Å²) >= 11 is 0. The van der Waals surface area contributed by atoms with Crippen molar-refractivity contribution in [3.05, 3.63) is 89.5 Å². The van der Waals surface area contributed by atoms with Crippen molar-refractivity contribution in [1.82, 2.24) is 16.0 Å². The van der Waals surface area contributed by atoms with E-state index < -0.39 is 55.7 Å². The molecule has 0 spiro atoms. The van der Waals surface area contributed by atoms with Gasteiger partial charge in [-0.05, 0) is 98.8 Å². The third kappa shape index (κ3) is 14.4. The first kappa shape index (κ1) is 44.5. The molecule has 0 heterocycles. The van der Waals surface area contributed by atoms with Crippen molar-refractivity contribution < 1.29 is 74.8 Å². The largest absolute Gasteiger partial charge is 0.480 e. The van der Waals surface area contributed by atoms with Crippen molar-refractivity contribution in [3.63, 3.8) is 0 Å². The van der Waals surface area contributed by atoms with Gasteiger partial charge in [-0.3, -0.25) is 35.4 Å². The van der Waals surface area contributed by atoms with E-state index in [0.29, 0.717) is 18.4 Å². The van der Waals surface area contributed by atoms with Crippen LogP contribution in [0.1, 0.15) is 69.6 Å². The summed E-state index contributed by atoms with van der Waals surface area (Å²) < 4.78 is 0. The van der Waals surface area contributed by atoms with E-state index in [0.717, 1.165) is 15.9 Å². The highest BCUT2D eigenvalue weighted by Gasteiger charge is 2.24. The van der Waals surface area contributed by atoms with Gasteiger partial charge in [0.1, 0.15) is 18.7 Å². The molecule has 3 unspecified atom stereocenters. The molecule has 0 fully saturated rings. The van der Waals surface area contributed by atoms with Crippen LogP contribution in [0.2, 0.25) is 0 Å². The summed E-state index contributed by atoms with van der Waals surface area (Å²) in [6.45, 7) is -0.352. The number of nitrogens with one attached hydrogen (secondary N) is 3. The van der Waals surface area contributed by atoms with Crippen LogP contribution >= 0.6 is 7.92 Å². The normalized spacial score (nSPS) is 13.2. The molecule has 0 aromatic heterocycles. The Morgan fingerprint density at radius 3 is 1.13 bits per heavy atom. The number of amides is 3. The lowest BCUT2D eigenvalue weighted by atomic mass is 10.1. The van der Waals surface area contributed by atoms with Crippen LogP contribution in [0.5, 0.6) is 0 Å². The molecule has 3 atom stereocenters. The third-order valence-electron chi connectivity index (χ3n) is 8.23.